The number of piperidine rings is 1. The molecule has 0 aliphatic carbocycles. The number of fused-ring (bicyclic) bond motifs is 1. The van der Waals surface area contributed by atoms with Crippen LogP contribution in [0.1, 0.15) is 56.7 Å². The SMILES string of the molecule is CC(C)(C)c1ccc2c(c1)C(C[C@H]1CNCC[C@H]1CC(=O)O)=NCC2. The summed E-state index contributed by atoms with van der Waals surface area (Å²) >= 11 is 0. The van der Waals surface area contributed by atoms with Crippen molar-refractivity contribution in [3.8, 4) is 0 Å². The molecule has 2 aliphatic heterocycles. The maximum atomic E-state index is 11.2. The van der Waals surface area contributed by atoms with Gasteiger partial charge >= 0.3 is 5.97 Å². The van der Waals surface area contributed by atoms with Crippen molar-refractivity contribution in [1.29, 1.82) is 0 Å². The minimum Gasteiger partial charge on any atom is -0.481 e. The summed E-state index contributed by atoms with van der Waals surface area (Å²) in [6.07, 6.45) is 3.10. The van der Waals surface area contributed by atoms with Gasteiger partial charge in [-0.25, -0.2) is 0 Å². The first-order chi connectivity index (χ1) is 11.8. The topological polar surface area (TPSA) is 61.7 Å². The van der Waals surface area contributed by atoms with Gasteiger partial charge in [0.05, 0.1) is 0 Å². The maximum Gasteiger partial charge on any atom is 0.303 e. The van der Waals surface area contributed by atoms with Gasteiger partial charge in [-0.3, -0.25) is 9.79 Å². The molecule has 1 saturated heterocycles. The van der Waals surface area contributed by atoms with E-state index in [9.17, 15) is 9.90 Å². The maximum absolute atomic E-state index is 11.2. The first kappa shape index (κ1) is 18.1. The van der Waals surface area contributed by atoms with Crippen molar-refractivity contribution in [1.82, 2.24) is 5.32 Å². The number of carboxylic acid groups (broad SMARTS) is 1. The number of benzene rings is 1. The van der Waals surface area contributed by atoms with Gasteiger partial charge in [0, 0.05) is 18.7 Å². The number of nitrogens with one attached hydrogen (secondary N) is 1. The minimum atomic E-state index is -0.682. The fourth-order valence-electron chi connectivity index (χ4n) is 4.06. The summed E-state index contributed by atoms with van der Waals surface area (Å²) in [7, 11) is 0. The van der Waals surface area contributed by atoms with Gasteiger partial charge in [-0.1, -0.05) is 32.9 Å². The Kier molecular flexibility index (Phi) is 5.28. The van der Waals surface area contributed by atoms with Crippen LogP contribution in [-0.2, 0) is 16.6 Å². The summed E-state index contributed by atoms with van der Waals surface area (Å²) in [6.45, 7) is 9.38. The van der Waals surface area contributed by atoms with Gasteiger partial charge in [0.1, 0.15) is 0 Å². The van der Waals surface area contributed by atoms with E-state index in [0.29, 0.717) is 5.92 Å². The van der Waals surface area contributed by atoms with Gasteiger partial charge in [-0.05, 0) is 72.4 Å². The van der Waals surface area contributed by atoms with E-state index in [4.69, 9.17) is 4.99 Å². The highest BCUT2D eigenvalue weighted by Gasteiger charge is 2.29. The average Bonchev–Trinajstić information content (AvgIpc) is 2.55. The highest BCUT2D eigenvalue weighted by molar-refractivity contribution is 6.03. The molecule has 2 heterocycles. The van der Waals surface area contributed by atoms with Crippen LogP contribution in [0.25, 0.3) is 0 Å². The molecule has 4 nitrogen and oxygen atoms in total. The number of aliphatic imine (C=N–C) groups is 1. The summed E-state index contributed by atoms with van der Waals surface area (Å²) in [5.74, 6) is -0.0802. The average molecular weight is 342 g/mol. The van der Waals surface area contributed by atoms with Crippen molar-refractivity contribution in [2.45, 2.75) is 51.9 Å². The monoisotopic (exact) mass is 342 g/mol. The number of carboxylic acids is 1. The van der Waals surface area contributed by atoms with Crippen molar-refractivity contribution in [2.24, 2.45) is 16.8 Å². The standard InChI is InChI=1S/C21H30N2O2/c1-21(2,3)17-5-4-14-7-9-23-19(18(14)12-17)10-16-13-22-8-6-15(16)11-20(24)25/h4-5,12,15-16,22H,6-11,13H2,1-3H3,(H,24,25)/t15-,16-/m0/s1. The molecule has 2 aliphatic rings. The molecule has 0 saturated carbocycles. The van der Waals surface area contributed by atoms with E-state index in [1.165, 1.54) is 22.4 Å². The normalized spacial score (nSPS) is 23.7. The third kappa shape index (κ3) is 4.30. The summed E-state index contributed by atoms with van der Waals surface area (Å²) in [5, 5.41) is 12.7. The lowest BCUT2D eigenvalue weighted by Crippen LogP contribution is -2.39. The van der Waals surface area contributed by atoms with Crippen molar-refractivity contribution in [3.63, 3.8) is 0 Å². The number of nitrogens with zero attached hydrogens (tertiary/aromatic N) is 1. The van der Waals surface area contributed by atoms with E-state index >= 15 is 0 Å². The van der Waals surface area contributed by atoms with Crippen LogP contribution >= 0.6 is 0 Å². The van der Waals surface area contributed by atoms with E-state index in [0.717, 1.165) is 38.9 Å². The zero-order valence-corrected chi connectivity index (χ0v) is 15.6. The number of aliphatic carboxylic acids is 1. The fraction of sp³-hybridized carbons (Fsp3) is 0.619. The molecule has 2 N–H and O–H groups in total. The number of carbonyl (C=O) groups is 1. The van der Waals surface area contributed by atoms with Crippen LogP contribution in [-0.4, -0.2) is 36.4 Å². The van der Waals surface area contributed by atoms with Gasteiger partial charge in [0.2, 0.25) is 0 Å². The molecule has 25 heavy (non-hydrogen) atoms. The van der Waals surface area contributed by atoms with Crippen LogP contribution in [0.15, 0.2) is 23.2 Å². The molecule has 1 aromatic rings. The quantitative estimate of drug-likeness (QED) is 0.881. The highest BCUT2D eigenvalue weighted by Crippen LogP contribution is 2.31. The van der Waals surface area contributed by atoms with Crippen molar-refractivity contribution >= 4 is 11.7 Å². The zero-order valence-electron chi connectivity index (χ0n) is 15.6. The van der Waals surface area contributed by atoms with E-state index in [2.05, 4.69) is 44.3 Å². The molecule has 0 unspecified atom stereocenters. The molecule has 0 aromatic heterocycles. The van der Waals surface area contributed by atoms with Crippen LogP contribution in [0.4, 0.5) is 0 Å². The molecule has 0 amide bonds. The first-order valence-electron chi connectivity index (χ1n) is 9.44. The lowest BCUT2D eigenvalue weighted by Gasteiger charge is -2.33. The Labute approximate surface area is 150 Å². The highest BCUT2D eigenvalue weighted by atomic mass is 16.4. The first-order valence-corrected chi connectivity index (χ1v) is 9.44. The van der Waals surface area contributed by atoms with E-state index in [1.54, 1.807) is 0 Å². The van der Waals surface area contributed by atoms with Crippen molar-refractivity contribution in [2.75, 3.05) is 19.6 Å². The lowest BCUT2D eigenvalue weighted by molar-refractivity contribution is -0.138. The Hall–Kier alpha value is -1.68. The van der Waals surface area contributed by atoms with Gasteiger partial charge < -0.3 is 10.4 Å². The van der Waals surface area contributed by atoms with E-state index < -0.39 is 5.97 Å². The van der Waals surface area contributed by atoms with Crippen molar-refractivity contribution in [3.05, 3.63) is 34.9 Å². The van der Waals surface area contributed by atoms with Gasteiger partial charge in [0.25, 0.3) is 0 Å². The van der Waals surface area contributed by atoms with Crippen molar-refractivity contribution < 1.29 is 9.90 Å². The van der Waals surface area contributed by atoms with Crippen LogP contribution in [0.3, 0.4) is 0 Å². The lowest BCUT2D eigenvalue weighted by atomic mass is 9.78. The molecule has 3 rings (SSSR count). The summed E-state index contributed by atoms with van der Waals surface area (Å²) < 4.78 is 0. The van der Waals surface area contributed by atoms with E-state index in [-0.39, 0.29) is 17.8 Å². The van der Waals surface area contributed by atoms with Gasteiger partial charge in [-0.15, -0.1) is 0 Å². The molecular weight excluding hydrogens is 312 g/mol. The third-order valence-electron chi connectivity index (χ3n) is 5.63. The fourth-order valence-corrected chi connectivity index (χ4v) is 4.06. The molecule has 0 spiro atoms. The molecule has 4 heteroatoms. The molecule has 2 atom stereocenters. The zero-order chi connectivity index (χ0) is 18.0. The second-order valence-corrected chi connectivity index (χ2v) is 8.52. The van der Waals surface area contributed by atoms with Crippen LogP contribution < -0.4 is 5.32 Å². The molecular formula is C21H30N2O2. The van der Waals surface area contributed by atoms with Crippen LogP contribution in [0.2, 0.25) is 0 Å². The molecule has 1 aromatic carbocycles. The third-order valence-corrected chi connectivity index (χ3v) is 5.63. The summed E-state index contributed by atoms with van der Waals surface area (Å²) in [6, 6.07) is 6.82. The smallest absolute Gasteiger partial charge is 0.303 e. The molecule has 1 fully saturated rings. The Morgan fingerprint density at radius 2 is 2.12 bits per heavy atom. The Morgan fingerprint density at radius 3 is 2.84 bits per heavy atom. The molecule has 136 valence electrons. The Bertz CT molecular complexity index is 673. The number of hydrogen-bond acceptors (Lipinski definition) is 3. The number of rotatable bonds is 4. The molecule has 0 radical (unpaired) electrons. The number of hydrogen-bond donors (Lipinski definition) is 2. The predicted octanol–water partition coefficient (Wildman–Crippen LogP) is 3.42. The van der Waals surface area contributed by atoms with Crippen LogP contribution in [0.5, 0.6) is 0 Å². The Morgan fingerprint density at radius 1 is 1.32 bits per heavy atom. The van der Waals surface area contributed by atoms with E-state index in [1.807, 2.05) is 0 Å². The minimum absolute atomic E-state index is 0.121. The van der Waals surface area contributed by atoms with Gasteiger partial charge in [-0.2, -0.15) is 0 Å². The van der Waals surface area contributed by atoms with Gasteiger partial charge in [0.15, 0.2) is 0 Å². The summed E-state index contributed by atoms with van der Waals surface area (Å²) in [4.78, 5) is 16.1. The Balaban J connectivity index is 1.84. The second kappa shape index (κ2) is 7.28. The molecule has 0 bridgehead atoms. The largest absolute Gasteiger partial charge is 0.481 e. The second-order valence-electron chi connectivity index (χ2n) is 8.52. The van der Waals surface area contributed by atoms with Crippen LogP contribution in [0, 0.1) is 11.8 Å². The predicted molar refractivity (Wildman–Crippen MR) is 102 cm³/mol. The summed E-state index contributed by atoms with van der Waals surface area (Å²) in [5.41, 5.74) is 5.31.